The van der Waals surface area contributed by atoms with E-state index in [1.54, 1.807) is 0 Å². The zero-order valence-corrected chi connectivity index (χ0v) is 12.1. The van der Waals surface area contributed by atoms with Crippen LogP contribution in [0.3, 0.4) is 0 Å². The van der Waals surface area contributed by atoms with Crippen molar-refractivity contribution in [3.8, 4) is 0 Å². The predicted molar refractivity (Wildman–Crippen MR) is 76.5 cm³/mol. The summed E-state index contributed by atoms with van der Waals surface area (Å²) in [5, 5.41) is 0.156. The van der Waals surface area contributed by atoms with Gasteiger partial charge in [-0.15, -0.1) is 0 Å². The van der Waals surface area contributed by atoms with Crippen LogP contribution >= 0.6 is 23.4 Å². The monoisotopic (exact) mass is 306 g/mol. The van der Waals surface area contributed by atoms with E-state index >= 15 is 0 Å². The third-order valence-electron chi connectivity index (χ3n) is 2.83. The highest BCUT2D eigenvalue weighted by Gasteiger charge is 2.21. The van der Waals surface area contributed by atoms with E-state index in [0.29, 0.717) is 18.2 Å². The number of thioether (sulfide) groups is 1. The summed E-state index contributed by atoms with van der Waals surface area (Å²) in [6, 6.07) is 4.41. The van der Waals surface area contributed by atoms with E-state index in [9.17, 15) is 8.42 Å². The van der Waals surface area contributed by atoms with Gasteiger partial charge in [0, 0.05) is 12.2 Å². The maximum Gasteiger partial charge on any atom is 0.242 e. The lowest BCUT2D eigenvalue weighted by atomic mass is 10.1. The Bertz CT molecular complexity index is 528. The smallest absolute Gasteiger partial charge is 0.242 e. The molecule has 0 aromatic heterocycles. The van der Waals surface area contributed by atoms with Crippen molar-refractivity contribution in [3.05, 3.63) is 23.2 Å². The largest absolute Gasteiger partial charge is 0.399 e. The van der Waals surface area contributed by atoms with Crippen molar-refractivity contribution < 1.29 is 8.42 Å². The second kappa shape index (κ2) is 5.69. The Hall–Kier alpha value is -0.430. The molecule has 1 saturated heterocycles. The number of halogens is 1. The van der Waals surface area contributed by atoms with Crippen molar-refractivity contribution in [2.45, 2.75) is 11.3 Å². The summed E-state index contributed by atoms with van der Waals surface area (Å²) in [5.41, 5.74) is 5.99. The van der Waals surface area contributed by atoms with E-state index in [-0.39, 0.29) is 9.92 Å². The maximum atomic E-state index is 12.1. The molecular weight excluding hydrogens is 292 g/mol. The minimum absolute atomic E-state index is 0.0871. The van der Waals surface area contributed by atoms with Crippen LogP contribution in [-0.4, -0.2) is 26.5 Å². The minimum Gasteiger partial charge on any atom is -0.399 e. The number of nitrogens with two attached hydrogens (primary N) is 1. The van der Waals surface area contributed by atoms with Crippen molar-refractivity contribution >= 4 is 39.1 Å². The number of sulfonamides is 1. The minimum atomic E-state index is -3.54. The summed E-state index contributed by atoms with van der Waals surface area (Å²) in [6.45, 7) is 0.468. The average molecular weight is 307 g/mol. The first-order valence-electron chi connectivity index (χ1n) is 5.61. The van der Waals surface area contributed by atoms with Crippen LogP contribution in [0.15, 0.2) is 23.1 Å². The van der Waals surface area contributed by atoms with Gasteiger partial charge in [-0.2, -0.15) is 11.8 Å². The molecule has 1 aromatic rings. The Balaban J connectivity index is 2.09. The fourth-order valence-corrected chi connectivity index (χ4v) is 4.74. The van der Waals surface area contributed by atoms with Gasteiger partial charge >= 0.3 is 0 Å². The van der Waals surface area contributed by atoms with E-state index in [1.165, 1.54) is 18.2 Å². The fourth-order valence-electron chi connectivity index (χ4n) is 1.78. The lowest BCUT2D eigenvalue weighted by Crippen LogP contribution is -2.29. The van der Waals surface area contributed by atoms with Crippen LogP contribution in [0.5, 0.6) is 0 Å². The molecule has 1 atom stereocenters. The van der Waals surface area contributed by atoms with Crippen molar-refractivity contribution in [1.29, 1.82) is 0 Å². The Morgan fingerprint density at radius 1 is 1.50 bits per heavy atom. The quantitative estimate of drug-likeness (QED) is 0.834. The van der Waals surface area contributed by atoms with Crippen LogP contribution in [0.25, 0.3) is 0 Å². The van der Waals surface area contributed by atoms with Crippen molar-refractivity contribution in [2.75, 3.05) is 23.8 Å². The molecule has 3 N–H and O–H groups in total. The molecular formula is C11H15ClN2O2S2. The first kappa shape index (κ1) is 14.0. The summed E-state index contributed by atoms with van der Waals surface area (Å²) in [7, 11) is -3.54. The van der Waals surface area contributed by atoms with Gasteiger partial charge in [0.1, 0.15) is 4.90 Å². The molecule has 1 aromatic carbocycles. The van der Waals surface area contributed by atoms with E-state index in [0.717, 1.165) is 17.9 Å². The lowest BCUT2D eigenvalue weighted by Gasteiger charge is -2.12. The zero-order valence-electron chi connectivity index (χ0n) is 9.73. The Morgan fingerprint density at radius 3 is 2.89 bits per heavy atom. The van der Waals surface area contributed by atoms with Crippen LogP contribution in [0.2, 0.25) is 5.02 Å². The average Bonchev–Trinajstić information content (AvgIpc) is 2.78. The molecule has 0 aliphatic carbocycles. The maximum absolute atomic E-state index is 12.1. The third kappa shape index (κ3) is 3.32. The molecule has 0 amide bonds. The Labute approximate surface area is 116 Å². The normalized spacial score (nSPS) is 20.2. The number of nitrogens with one attached hydrogen (secondary N) is 1. The van der Waals surface area contributed by atoms with Crippen LogP contribution in [0.1, 0.15) is 6.42 Å². The molecule has 100 valence electrons. The Kier molecular flexibility index (Phi) is 4.42. The summed E-state index contributed by atoms with van der Waals surface area (Å²) in [5.74, 6) is 2.53. The molecule has 7 heteroatoms. The summed E-state index contributed by atoms with van der Waals surface area (Å²) >= 11 is 7.76. The summed E-state index contributed by atoms with van der Waals surface area (Å²) < 4.78 is 26.8. The topological polar surface area (TPSA) is 72.2 Å². The fraction of sp³-hybridized carbons (Fsp3) is 0.455. The summed E-state index contributed by atoms with van der Waals surface area (Å²) in [6.07, 6.45) is 1.06. The molecule has 0 saturated carbocycles. The van der Waals surface area contributed by atoms with Crippen molar-refractivity contribution in [3.63, 3.8) is 0 Å². The Morgan fingerprint density at radius 2 is 2.28 bits per heavy atom. The second-order valence-electron chi connectivity index (χ2n) is 4.27. The molecule has 0 radical (unpaired) electrons. The van der Waals surface area contributed by atoms with Crippen LogP contribution in [0, 0.1) is 5.92 Å². The number of benzene rings is 1. The number of hydrogen-bond donors (Lipinski definition) is 2. The first-order chi connectivity index (χ1) is 8.49. The molecule has 18 heavy (non-hydrogen) atoms. The zero-order chi connectivity index (χ0) is 13.2. The number of hydrogen-bond acceptors (Lipinski definition) is 4. The van der Waals surface area contributed by atoms with Crippen LogP contribution in [-0.2, 0) is 10.0 Å². The molecule has 0 bridgehead atoms. The lowest BCUT2D eigenvalue weighted by molar-refractivity contribution is 0.546. The second-order valence-corrected chi connectivity index (χ2v) is 7.56. The molecule has 1 aliphatic heterocycles. The summed E-state index contributed by atoms with van der Waals surface area (Å²) in [4.78, 5) is 0.0871. The van der Waals surface area contributed by atoms with Gasteiger partial charge in [-0.1, -0.05) is 11.6 Å². The molecule has 1 fully saturated rings. The highest BCUT2D eigenvalue weighted by Crippen LogP contribution is 2.25. The number of rotatable bonds is 4. The first-order valence-corrected chi connectivity index (χ1v) is 8.63. The molecule has 0 spiro atoms. The van der Waals surface area contributed by atoms with Gasteiger partial charge < -0.3 is 5.73 Å². The van der Waals surface area contributed by atoms with E-state index in [2.05, 4.69) is 4.72 Å². The van der Waals surface area contributed by atoms with Gasteiger partial charge in [-0.25, -0.2) is 13.1 Å². The van der Waals surface area contributed by atoms with Crippen molar-refractivity contribution in [1.82, 2.24) is 4.72 Å². The molecule has 2 rings (SSSR count). The highest BCUT2D eigenvalue weighted by atomic mass is 35.5. The highest BCUT2D eigenvalue weighted by molar-refractivity contribution is 7.99. The molecule has 1 unspecified atom stereocenters. The van der Waals surface area contributed by atoms with Crippen LogP contribution < -0.4 is 10.5 Å². The number of nitrogen functional groups attached to an aromatic ring is 1. The van der Waals surface area contributed by atoms with Crippen LogP contribution in [0.4, 0.5) is 5.69 Å². The van der Waals surface area contributed by atoms with Gasteiger partial charge in [0.15, 0.2) is 0 Å². The third-order valence-corrected chi connectivity index (χ3v) is 5.97. The van der Waals surface area contributed by atoms with Gasteiger partial charge in [-0.3, -0.25) is 0 Å². The van der Waals surface area contributed by atoms with E-state index in [4.69, 9.17) is 17.3 Å². The number of anilines is 1. The van der Waals surface area contributed by atoms with E-state index in [1.807, 2.05) is 11.8 Å². The van der Waals surface area contributed by atoms with Gasteiger partial charge in [-0.05, 0) is 42.0 Å². The van der Waals surface area contributed by atoms with Crippen molar-refractivity contribution in [2.24, 2.45) is 5.92 Å². The van der Waals surface area contributed by atoms with E-state index < -0.39 is 10.0 Å². The van der Waals surface area contributed by atoms with Gasteiger partial charge in [0.2, 0.25) is 10.0 Å². The molecule has 1 aliphatic rings. The van der Waals surface area contributed by atoms with Gasteiger partial charge in [0.05, 0.1) is 5.02 Å². The predicted octanol–water partition coefficient (Wildman–Crippen LogP) is 1.95. The SMILES string of the molecule is Nc1ccc(S(=O)(=O)NCC2CCSC2)c(Cl)c1. The standard InChI is InChI=1S/C11H15ClN2O2S2/c12-10-5-9(13)1-2-11(10)18(15,16)14-6-8-3-4-17-7-8/h1-2,5,8,14H,3-4,6-7,13H2. The molecule has 1 heterocycles. The molecule has 4 nitrogen and oxygen atoms in total. The van der Waals surface area contributed by atoms with Gasteiger partial charge in [0.25, 0.3) is 0 Å².